The Hall–Kier alpha value is -1.84. The summed E-state index contributed by atoms with van der Waals surface area (Å²) < 4.78 is 15.8. The molecule has 0 aliphatic heterocycles. The standard InChI is InChI=1S/C15H20FN3/c1-4-9-19-10-11(2)17-15(19)18-12(3)13-7-5-6-8-14(13)16/h5-8,10,12H,4,9H2,1-3H3,(H,17,18). The Morgan fingerprint density at radius 2 is 2.11 bits per heavy atom. The Bertz CT molecular complexity index is 548. The van der Waals surface area contributed by atoms with Gasteiger partial charge in [-0.05, 0) is 26.3 Å². The van der Waals surface area contributed by atoms with Gasteiger partial charge in [0, 0.05) is 18.3 Å². The highest BCUT2D eigenvalue weighted by Crippen LogP contribution is 2.21. The summed E-state index contributed by atoms with van der Waals surface area (Å²) >= 11 is 0. The fourth-order valence-electron chi connectivity index (χ4n) is 2.17. The van der Waals surface area contributed by atoms with E-state index in [1.165, 1.54) is 6.07 Å². The molecular weight excluding hydrogens is 241 g/mol. The molecule has 1 aromatic heterocycles. The van der Waals surface area contributed by atoms with Gasteiger partial charge in [0.15, 0.2) is 0 Å². The van der Waals surface area contributed by atoms with Crippen molar-refractivity contribution in [3.63, 3.8) is 0 Å². The second-order valence-electron chi connectivity index (χ2n) is 4.79. The topological polar surface area (TPSA) is 29.9 Å². The number of benzene rings is 1. The predicted octanol–water partition coefficient (Wildman–Crippen LogP) is 3.91. The number of anilines is 1. The molecule has 0 saturated carbocycles. The van der Waals surface area contributed by atoms with Crippen LogP contribution in [0.3, 0.4) is 0 Å². The smallest absolute Gasteiger partial charge is 0.203 e. The highest BCUT2D eigenvalue weighted by Gasteiger charge is 2.13. The quantitative estimate of drug-likeness (QED) is 0.884. The molecule has 4 heteroatoms. The van der Waals surface area contributed by atoms with Crippen LogP contribution >= 0.6 is 0 Å². The highest BCUT2D eigenvalue weighted by atomic mass is 19.1. The highest BCUT2D eigenvalue weighted by molar-refractivity contribution is 5.34. The molecule has 1 unspecified atom stereocenters. The van der Waals surface area contributed by atoms with Gasteiger partial charge in [-0.3, -0.25) is 0 Å². The van der Waals surface area contributed by atoms with Crippen LogP contribution in [0.25, 0.3) is 0 Å². The third kappa shape index (κ3) is 3.13. The molecule has 102 valence electrons. The average molecular weight is 261 g/mol. The molecular formula is C15H20FN3. The van der Waals surface area contributed by atoms with E-state index in [-0.39, 0.29) is 11.9 Å². The monoisotopic (exact) mass is 261 g/mol. The molecule has 0 radical (unpaired) electrons. The van der Waals surface area contributed by atoms with E-state index in [1.54, 1.807) is 12.1 Å². The van der Waals surface area contributed by atoms with Gasteiger partial charge in [0.25, 0.3) is 0 Å². The number of aromatic nitrogens is 2. The Balaban J connectivity index is 2.19. The van der Waals surface area contributed by atoms with Crippen molar-refractivity contribution in [2.45, 2.75) is 39.8 Å². The lowest BCUT2D eigenvalue weighted by Crippen LogP contribution is -2.13. The summed E-state index contributed by atoms with van der Waals surface area (Å²) in [5.41, 5.74) is 1.63. The maximum absolute atomic E-state index is 13.7. The molecule has 19 heavy (non-hydrogen) atoms. The summed E-state index contributed by atoms with van der Waals surface area (Å²) in [4.78, 5) is 4.45. The average Bonchev–Trinajstić information content (AvgIpc) is 2.70. The summed E-state index contributed by atoms with van der Waals surface area (Å²) in [6, 6.07) is 6.72. The first-order valence-corrected chi connectivity index (χ1v) is 6.66. The zero-order valence-electron chi connectivity index (χ0n) is 11.7. The minimum Gasteiger partial charge on any atom is -0.349 e. The third-order valence-corrected chi connectivity index (χ3v) is 3.08. The van der Waals surface area contributed by atoms with Crippen molar-refractivity contribution >= 4 is 5.95 Å². The molecule has 1 atom stereocenters. The fraction of sp³-hybridized carbons (Fsp3) is 0.400. The van der Waals surface area contributed by atoms with Crippen molar-refractivity contribution in [1.82, 2.24) is 9.55 Å². The predicted molar refractivity (Wildman–Crippen MR) is 75.7 cm³/mol. The van der Waals surface area contributed by atoms with E-state index in [2.05, 4.69) is 21.8 Å². The van der Waals surface area contributed by atoms with Crippen LogP contribution in [0.5, 0.6) is 0 Å². The molecule has 3 nitrogen and oxygen atoms in total. The van der Waals surface area contributed by atoms with Crippen LogP contribution in [0.15, 0.2) is 30.5 Å². The minimum absolute atomic E-state index is 0.112. The Labute approximate surface area is 113 Å². The number of imidazole rings is 1. The minimum atomic E-state index is -0.187. The number of nitrogens with one attached hydrogen (secondary N) is 1. The molecule has 0 amide bonds. The molecule has 0 fully saturated rings. The van der Waals surface area contributed by atoms with Gasteiger partial charge in [-0.15, -0.1) is 0 Å². The van der Waals surface area contributed by atoms with Crippen molar-refractivity contribution in [2.24, 2.45) is 0 Å². The van der Waals surface area contributed by atoms with Crippen molar-refractivity contribution < 1.29 is 4.39 Å². The lowest BCUT2D eigenvalue weighted by atomic mass is 10.1. The van der Waals surface area contributed by atoms with Crippen LogP contribution in [-0.4, -0.2) is 9.55 Å². The number of aryl methyl sites for hydroxylation is 2. The summed E-state index contributed by atoms with van der Waals surface area (Å²) in [5.74, 6) is 0.614. The van der Waals surface area contributed by atoms with Crippen molar-refractivity contribution in [2.75, 3.05) is 5.32 Å². The van der Waals surface area contributed by atoms with Gasteiger partial charge in [0.2, 0.25) is 5.95 Å². The number of hydrogen-bond donors (Lipinski definition) is 1. The summed E-state index contributed by atoms with van der Waals surface area (Å²) in [5, 5.41) is 3.29. The first-order chi connectivity index (χ1) is 9.11. The van der Waals surface area contributed by atoms with Gasteiger partial charge in [-0.25, -0.2) is 9.37 Å². The van der Waals surface area contributed by atoms with Crippen LogP contribution < -0.4 is 5.32 Å². The SMILES string of the molecule is CCCn1cc(C)nc1NC(C)c1ccccc1F. The zero-order chi connectivity index (χ0) is 13.8. The zero-order valence-corrected chi connectivity index (χ0v) is 11.7. The Morgan fingerprint density at radius 1 is 1.37 bits per heavy atom. The first kappa shape index (κ1) is 13.6. The molecule has 0 aliphatic rings. The molecule has 2 rings (SSSR count). The molecule has 1 N–H and O–H groups in total. The molecule has 0 bridgehead atoms. The maximum Gasteiger partial charge on any atom is 0.203 e. The second kappa shape index (κ2) is 5.87. The fourth-order valence-corrected chi connectivity index (χ4v) is 2.17. The normalized spacial score (nSPS) is 12.4. The molecule has 1 aromatic carbocycles. The first-order valence-electron chi connectivity index (χ1n) is 6.66. The van der Waals surface area contributed by atoms with E-state index in [1.807, 2.05) is 26.1 Å². The van der Waals surface area contributed by atoms with E-state index in [4.69, 9.17) is 0 Å². The lowest BCUT2D eigenvalue weighted by molar-refractivity contribution is 0.597. The van der Waals surface area contributed by atoms with Gasteiger partial charge in [0.05, 0.1) is 11.7 Å². The van der Waals surface area contributed by atoms with Crippen molar-refractivity contribution in [3.05, 3.63) is 47.5 Å². The van der Waals surface area contributed by atoms with Crippen LogP contribution in [0, 0.1) is 12.7 Å². The number of halogens is 1. The molecule has 0 saturated heterocycles. The van der Waals surface area contributed by atoms with E-state index in [9.17, 15) is 4.39 Å². The molecule has 0 aliphatic carbocycles. The van der Waals surface area contributed by atoms with Gasteiger partial charge in [-0.1, -0.05) is 25.1 Å². The van der Waals surface area contributed by atoms with E-state index in [0.717, 1.165) is 24.6 Å². The van der Waals surface area contributed by atoms with Crippen molar-refractivity contribution in [1.29, 1.82) is 0 Å². The number of rotatable bonds is 5. The van der Waals surface area contributed by atoms with Gasteiger partial charge < -0.3 is 9.88 Å². The molecule has 0 spiro atoms. The summed E-state index contributed by atoms with van der Waals surface area (Å²) in [6.45, 7) is 6.94. The Kier molecular flexibility index (Phi) is 4.20. The Morgan fingerprint density at radius 3 is 2.79 bits per heavy atom. The number of hydrogen-bond acceptors (Lipinski definition) is 2. The third-order valence-electron chi connectivity index (χ3n) is 3.08. The largest absolute Gasteiger partial charge is 0.349 e. The van der Waals surface area contributed by atoms with Crippen LogP contribution in [0.2, 0.25) is 0 Å². The van der Waals surface area contributed by atoms with E-state index < -0.39 is 0 Å². The molecule has 2 aromatic rings. The van der Waals surface area contributed by atoms with Gasteiger partial charge in [0.1, 0.15) is 5.82 Å². The summed E-state index contributed by atoms with van der Waals surface area (Å²) in [6.07, 6.45) is 3.05. The van der Waals surface area contributed by atoms with E-state index in [0.29, 0.717) is 5.56 Å². The van der Waals surface area contributed by atoms with Crippen LogP contribution in [-0.2, 0) is 6.54 Å². The number of nitrogens with zero attached hydrogens (tertiary/aromatic N) is 2. The molecule has 1 heterocycles. The van der Waals surface area contributed by atoms with Gasteiger partial charge in [-0.2, -0.15) is 0 Å². The lowest BCUT2D eigenvalue weighted by Gasteiger charge is -2.16. The summed E-state index contributed by atoms with van der Waals surface area (Å²) in [7, 11) is 0. The van der Waals surface area contributed by atoms with E-state index >= 15 is 0 Å². The van der Waals surface area contributed by atoms with Crippen molar-refractivity contribution in [3.8, 4) is 0 Å². The maximum atomic E-state index is 13.7. The van der Waals surface area contributed by atoms with Crippen LogP contribution in [0.4, 0.5) is 10.3 Å². The van der Waals surface area contributed by atoms with Gasteiger partial charge >= 0.3 is 0 Å². The second-order valence-corrected chi connectivity index (χ2v) is 4.79. The van der Waals surface area contributed by atoms with Crippen LogP contribution in [0.1, 0.15) is 37.6 Å².